The fourth-order valence-electron chi connectivity index (χ4n) is 1.75. The first kappa shape index (κ1) is 9.28. The number of rotatable bonds is 2. The highest BCUT2D eigenvalue weighted by Crippen LogP contribution is 2.21. The van der Waals surface area contributed by atoms with Gasteiger partial charge >= 0.3 is 0 Å². The Balaban J connectivity index is 2.44. The Morgan fingerprint density at radius 2 is 2.00 bits per heavy atom. The second kappa shape index (κ2) is 3.14. The first-order valence-electron chi connectivity index (χ1n) is 4.86. The molecule has 0 aliphatic carbocycles. The van der Waals surface area contributed by atoms with Gasteiger partial charge < -0.3 is 4.98 Å². The molecule has 2 heteroatoms. The third-order valence-corrected chi connectivity index (χ3v) is 2.31. The number of aromatic amines is 1. The number of benzene rings is 1. The first-order valence-corrected chi connectivity index (χ1v) is 4.86. The van der Waals surface area contributed by atoms with E-state index in [4.69, 9.17) is 5.73 Å². The molecular formula is C12H15N2. The van der Waals surface area contributed by atoms with Gasteiger partial charge in [0.1, 0.15) is 0 Å². The molecule has 0 saturated heterocycles. The van der Waals surface area contributed by atoms with Crippen LogP contribution in [-0.4, -0.2) is 10.5 Å². The summed E-state index contributed by atoms with van der Waals surface area (Å²) in [5, 5.41) is 1.24. The molecule has 0 bridgehead atoms. The van der Waals surface area contributed by atoms with Crippen molar-refractivity contribution >= 4 is 10.9 Å². The van der Waals surface area contributed by atoms with Crippen LogP contribution in [0.4, 0.5) is 0 Å². The van der Waals surface area contributed by atoms with Crippen molar-refractivity contribution in [2.45, 2.75) is 25.8 Å². The van der Waals surface area contributed by atoms with Gasteiger partial charge in [0.05, 0.1) is 0 Å². The largest absolute Gasteiger partial charge is 0.361 e. The quantitative estimate of drug-likeness (QED) is 0.751. The van der Waals surface area contributed by atoms with E-state index in [9.17, 15) is 0 Å². The van der Waals surface area contributed by atoms with Crippen LogP contribution in [0.1, 0.15) is 19.4 Å². The number of aromatic nitrogens is 1. The van der Waals surface area contributed by atoms with Crippen molar-refractivity contribution in [1.82, 2.24) is 10.7 Å². The van der Waals surface area contributed by atoms with E-state index in [1.807, 2.05) is 32.2 Å². The number of nitrogens with one attached hydrogen (secondary N) is 2. The Morgan fingerprint density at radius 1 is 1.29 bits per heavy atom. The lowest BCUT2D eigenvalue weighted by atomic mass is 9.96. The summed E-state index contributed by atoms with van der Waals surface area (Å²) in [6, 6.07) is 8.23. The molecule has 0 aliphatic rings. The van der Waals surface area contributed by atoms with Crippen LogP contribution in [0.25, 0.3) is 10.9 Å². The van der Waals surface area contributed by atoms with Gasteiger partial charge in [-0.2, -0.15) is 0 Å². The predicted molar refractivity (Wildman–Crippen MR) is 59.2 cm³/mol. The Bertz CT molecular complexity index is 435. The second-order valence-electron chi connectivity index (χ2n) is 4.42. The van der Waals surface area contributed by atoms with E-state index >= 15 is 0 Å². The Labute approximate surface area is 84.1 Å². The number of para-hydroxylation sites is 1. The van der Waals surface area contributed by atoms with Gasteiger partial charge in [0.25, 0.3) is 0 Å². The lowest BCUT2D eigenvalue weighted by Crippen LogP contribution is -2.24. The van der Waals surface area contributed by atoms with E-state index in [2.05, 4.69) is 17.1 Å². The molecule has 1 aromatic carbocycles. The van der Waals surface area contributed by atoms with E-state index in [0.29, 0.717) is 0 Å². The smallest absolute Gasteiger partial charge is 0.0456 e. The van der Waals surface area contributed by atoms with Crippen molar-refractivity contribution in [2.24, 2.45) is 0 Å². The summed E-state index contributed by atoms with van der Waals surface area (Å²) in [4.78, 5) is 3.23. The van der Waals surface area contributed by atoms with Gasteiger partial charge in [-0.15, -0.1) is 0 Å². The van der Waals surface area contributed by atoms with E-state index in [-0.39, 0.29) is 0 Å². The number of H-pyrrole nitrogens is 1. The standard InChI is InChI=1S/C12H15N2/c1-12(2,13)7-9-8-14-11-6-4-3-5-10(9)11/h3-6,8,13-14H,7H2,1-2H3. The highest BCUT2D eigenvalue weighted by Gasteiger charge is 2.15. The molecule has 1 radical (unpaired) electrons. The highest BCUT2D eigenvalue weighted by atomic mass is 14.7. The Hall–Kier alpha value is -1.28. The Kier molecular flexibility index (Phi) is 2.08. The molecule has 0 fully saturated rings. The van der Waals surface area contributed by atoms with Gasteiger partial charge in [0.15, 0.2) is 0 Å². The van der Waals surface area contributed by atoms with Crippen LogP contribution in [-0.2, 0) is 6.42 Å². The molecule has 0 saturated carbocycles. The molecule has 0 amide bonds. The van der Waals surface area contributed by atoms with E-state index in [1.54, 1.807) is 0 Å². The minimum Gasteiger partial charge on any atom is -0.361 e. The van der Waals surface area contributed by atoms with Crippen LogP contribution in [0.2, 0.25) is 0 Å². The monoisotopic (exact) mass is 187 g/mol. The van der Waals surface area contributed by atoms with Crippen LogP contribution in [0.5, 0.6) is 0 Å². The zero-order chi connectivity index (χ0) is 10.2. The zero-order valence-electron chi connectivity index (χ0n) is 8.59. The van der Waals surface area contributed by atoms with E-state index in [1.165, 1.54) is 10.9 Å². The van der Waals surface area contributed by atoms with Crippen molar-refractivity contribution in [3.63, 3.8) is 0 Å². The normalized spacial score (nSPS) is 12.2. The maximum Gasteiger partial charge on any atom is 0.0456 e. The molecular weight excluding hydrogens is 172 g/mol. The molecule has 2 rings (SSSR count). The van der Waals surface area contributed by atoms with E-state index < -0.39 is 5.54 Å². The maximum absolute atomic E-state index is 7.87. The summed E-state index contributed by atoms with van der Waals surface area (Å²) in [6.07, 6.45) is 2.80. The van der Waals surface area contributed by atoms with Gasteiger partial charge in [-0.3, -0.25) is 5.73 Å². The molecule has 1 aromatic heterocycles. The van der Waals surface area contributed by atoms with Crippen molar-refractivity contribution in [2.75, 3.05) is 0 Å². The van der Waals surface area contributed by atoms with Gasteiger partial charge in [0.2, 0.25) is 0 Å². The van der Waals surface area contributed by atoms with Crippen LogP contribution in [0.3, 0.4) is 0 Å². The highest BCUT2D eigenvalue weighted by molar-refractivity contribution is 5.83. The summed E-state index contributed by atoms with van der Waals surface area (Å²) in [5.74, 6) is 0. The molecule has 2 aromatic rings. The molecule has 0 aliphatic heterocycles. The summed E-state index contributed by atoms with van der Waals surface area (Å²) < 4.78 is 0. The molecule has 0 spiro atoms. The lowest BCUT2D eigenvalue weighted by Gasteiger charge is -2.15. The molecule has 73 valence electrons. The summed E-state index contributed by atoms with van der Waals surface area (Å²) in [5.41, 5.74) is 9.87. The van der Waals surface area contributed by atoms with E-state index in [0.717, 1.165) is 11.9 Å². The van der Waals surface area contributed by atoms with Crippen LogP contribution >= 0.6 is 0 Å². The summed E-state index contributed by atoms with van der Waals surface area (Å²) in [7, 11) is 0. The van der Waals surface area contributed by atoms with Crippen molar-refractivity contribution in [3.8, 4) is 0 Å². The topological polar surface area (TPSA) is 39.6 Å². The zero-order valence-corrected chi connectivity index (χ0v) is 8.59. The molecule has 14 heavy (non-hydrogen) atoms. The molecule has 2 N–H and O–H groups in total. The van der Waals surface area contributed by atoms with Crippen molar-refractivity contribution in [3.05, 3.63) is 36.0 Å². The predicted octanol–water partition coefficient (Wildman–Crippen LogP) is 2.77. The average Bonchev–Trinajstić information content (AvgIpc) is 2.47. The van der Waals surface area contributed by atoms with Crippen LogP contribution in [0.15, 0.2) is 30.5 Å². The van der Waals surface area contributed by atoms with Crippen LogP contribution in [0, 0.1) is 0 Å². The van der Waals surface area contributed by atoms with Gasteiger partial charge in [0, 0.05) is 22.6 Å². The number of fused-ring (bicyclic) bond motifs is 1. The minimum absolute atomic E-state index is 0.398. The fourth-order valence-corrected chi connectivity index (χ4v) is 1.75. The number of hydrogen-bond acceptors (Lipinski definition) is 0. The maximum atomic E-state index is 7.87. The van der Waals surface area contributed by atoms with Crippen LogP contribution < -0.4 is 5.73 Å². The van der Waals surface area contributed by atoms with Gasteiger partial charge in [-0.25, -0.2) is 0 Å². The SMILES string of the molecule is CC(C)([NH])Cc1c[nH]c2ccccc12. The average molecular weight is 187 g/mol. The fraction of sp³-hybridized carbons (Fsp3) is 0.333. The van der Waals surface area contributed by atoms with Gasteiger partial charge in [-0.05, 0) is 31.9 Å². The molecule has 2 nitrogen and oxygen atoms in total. The van der Waals surface area contributed by atoms with Gasteiger partial charge in [-0.1, -0.05) is 18.2 Å². The number of hydrogen-bond donors (Lipinski definition) is 1. The summed E-state index contributed by atoms with van der Waals surface area (Å²) in [6.45, 7) is 3.88. The molecule has 1 heterocycles. The van der Waals surface area contributed by atoms with Crippen molar-refractivity contribution in [1.29, 1.82) is 0 Å². The first-order chi connectivity index (χ1) is 6.56. The lowest BCUT2D eigenvalue weighted by molar-refractivity contribution is 0.499. The second-order valence-corrected chi connectivity index (χ2v) is 4.42. The minimum atomic E-state index is -0.398. The Morgan fingerprint density at radius 3 is 2.71 bits per heavy atom. The third-order valence-electron chi connectivity index (χ3n) is 2.31. The molecule has 0 atom stereocenters. The molecule has 0 unspecified atom stereocenters. The third kappa shape index (κ3) is 1.80. The van der Waals surface area contributed by atoms with Crippen molar-refractivity contribution < 1.29 is 0 Å². The summed E-state index contributed by atoms with van der Waals surface area (Å²) >= 11 is 0.